The predicted molar refractivity (Wildman–Crippen MR) is 160 cm³/mol. The summed E-state index contributed by atoms with van der Waals surface area (Å²) < 4.78 is 3.74. The lowest BCUT2D eigenvalue weighted by molar-refractivity contribution is 0.270. The first-order chi connectivity index (χ1) is 18.7. The molecule has 0 aliphatic carbocycles. The molecule has 0 saturated heterocycles. The molecule has 2 N–H and O–H groups in total. The van der Waals surface area contributed by atoms with Crippen LogP contribution in [0, 0.1) is 0 Å². The molecule has 5 rings (SSSR count). The van der Waals surface area contributed by atoms with Crippen molar-refractivity contribution in [2.75, 3.05) is 13.6 Å². The van der Waals surface area contributed by atoms with E-state index >= 15 is 0 Å². The van der Waals surface area contributed by atoms with Gasteiger partial charge in [-0.1, -0.05) is 60.5 Å². The number of hydrogen-bond donors (Lipinski definition) is 1. The number of pyridine rings is 1. The van der Waals surface area contributed by atoms with E-state index in [2.05, 4.69) is 22.9 Å². The number of aromatic nitrogens is 3. The van der Waals surface area contributed by atoms with Gasteiger partial charge in [0.1, 0.15) is 5.54 Å². The van der Waals surface area contributed by atoms with Crippen molar-refractivity contribution in [1.29, 1.82) is 0 Å². The van der Waals surface area contributed by atoms with Crippen LogP contribution in [0.15, 0.2) is 90.1 Å². The van der Waals surface area contributed by atoms with Crippen LogP contribution >= 0.6 is 23.2 Å². The van der Waals surface area contributed by atoms with Crippen LogP contribution in [0.3, 0.4) is 0 Å². The Bertz CT molecular complexity index is 1690. The Morgan fingerprint density at radius 3 is 2.38 bits per heavy atom. The van der Waals surface area contributed by atoms with E-state index < -0.39 is 5.54 Å². The number of halogens is 2. The summed E-state index contributed by atoms with van der Waals surface area (Å²) in [4.78, 5) is 20.0. The lowest BCUT2D eigenvalue weighted by atomic mass is 9.80. The predicted octanol–water partition coefficient (Wildman–Crippen LogP) is 6.26. The minimum Gasteiger partial charge on any atom is -0.336 e. The molecule has 0 aliphatic rings. The van der Waals surface area contributed by atoms with E-state index in [0.717, 1.165) is 51.8 Å². The van der Waals surface area contributed by atoms with Crippen LogP contribution < -0.4 is 11.3 Å². The van der Waals surface area contributed by atoms with E-state index in [1.807, 2.05) is 83.9 Å². The molecule has 0 aliphatic heterocycles. The summed E-state index contributed by atoms with van der Waals surface area (Å²) in [6.07, 6.45) is 4.53. The van der Waals surface area contributed by atoms with Gasteiger partial charge in [0, 0.05) is 28.5 Å². The van der Waals surface area contributed by atoms with Gasteiger partial charge in [-0.3, -0.25) is 14.3 Å². The van der Waals surface area contributed by atoms with E-state index in [1.165, 1.54) is 0 Å². The maximum atomic E-state index is 13.5. The highest BCUT2D eigenvalue weighted by Crippen LogP contribution is 2.38. The number of hydrogen-bond acceptors (Lipinski definition) is 4. The van der Waals surface area contributed by atoms with Gasteiger partial charge in [-0.2, -0.15) is 0 Å². The standard InChI is InChI=1S/C31H31Cl2N5O/c1-4-14-36(2)20-38-28-13-10-23(16-27(28)26(17-30(38)39)21-6-5-7-25(33)15-21)31(34,29-18-35-19-37(29)3)22-8-11-24(32)12-9-22/h5-13,15-19H,4,14,20,34H2,1-3H3/t31-/m1/s1. The first-order valence-corrected chi connectivity index (χ1v) is 13.6. The lowest BCUT2D eigenvalue weighted by Crippen LogP contribution is -2.41. The molecule has 6 nitrogen and oxygen atoms in total. The molecule has 0 amide bonds. The van der Waals surface area contributed by atoms with Crippen molar-refractivity contribution in [3.63, 3.8) is 0 Å². The molecule has 0 bridgehead atoms. The third-order valence-electron chi connectivity index (χ3n) is 7.21. The first kappa shape index (κ1) is 27.2. The van der Waals surface area contributed by atoms with Crippen molar-refractivity contribution in [2.45, 2.75) is 25.6 Å². The molecule has 200 valence electrons. The van der Waals surface area contributed by atoms with Crippen molar-refractivity contribution in [1.82, 2.24) is 19.0 Å². The fourth-order valence-corrected chi connectivity index (χ4v) is 5.59. The molecule has 0 fully saturated rings. The van der Waals surface area contributed by atoms with Crippen LogP contribution in [0.5, 0.6) is 0 Å². The average Bonchev–Trinajstić information content (AvgIpc) is 3.36. The maximum Gasteiger partial charge on any atom is 0.252 e. The van der Waals surface area contributed by atoms with Gasteiger partial charge >= 0.3 is 0 Å². The molecule has 2 heterocycles. The van der Waals surface area contributed by atoms with Crippen molar-refractivity contribution >= 4 is 34.1 Å². The normalized spacial score (nSPS) is 13.2. The largest absolute Gasteiger partial charge is 0.336 e. The van der Waals surface area contributed by atoms with Crippen LogP contribution in [-0.4, -0.2) is 32.6 Å². The van der Waals surface area contributed by atoms with Crippen LogP contribution in [0.2, 0.25) is 10.0 Å². The first-order valence-electron chi connectivity index (χ1n) is 12.9. The molecular formula is C31H31Cl2N5O. The molecule has 0 unspecified atom stereocenters. The molecule has 3 aromatic carbocycles. The highest BCUT2D eigenvalue weighted by atomic mass is 35.5. The molecular weight excluding hydrogens is 529 g/mol. The van der Waals surface area contributed by atoms with Crippen molar-refractivity contribution in [2.24, 2.45) is 12.8 Å². The number of imidazole rings is 1. The molecule has 2 aromatic heterocycles. The molecule has 0 radical (unpaired) electrons. The number of aryl methyl sites for hydroxylation is 1. The van der Waals surface area contributed by atoms with Gasteiger partial charge in [0.15, 0.2) is 0 Å². The summed E-state index contributed by atoms with van der Waals surface area (Å²) in [6, 6.07) is 22.9. The van der Waals surface area contributed by atoms with Gasteiger partial charge in [0.25, 0.3) is 5.56 Å². The van der Waals surface area contributed by atoms with Gasteiger partial charge in [0.2, 0.25) is 0 Å². The van der Waals surface area contributed by atoms with Crippen LogP contribution in [-0.2, 0) is 19.3 Å². The zero-order valence-corrected chi connectivity index (χ0v) is 23.7. The summed E-state index contributed by atoms with van der Waals surface area (Å²) in [5.41, 5.74) is 11.3. The number of benzene rings is 3. The Labute approximate surface area is 238 Å². The highest BCUT2D eigenvalue weighted by Gasteiger charge is 2.35. The van der Waals surface area contributed by atoms with Gasteiger partial charge in [-0.25, -0.2) is 4.98 Å². The number of nitrogens with zero attached hydrogens (tertiary/aromatic N) is 4. The van der Waals surface area contributed by atoms with E-state index in [0.29, 0.717) is 16.7 Å². The van der Waals surface area contributed by atoms with Crippen LogP contribution in [0.4, 0.5) is 0 Å². The topological polar surface area (TPSA) is 69.1 Å². The van der Waals surface area contributed by atoms with Crippen LogP contribution in [0.25, 0.3) is 22.0 Å². The third-order valence-corrected chi connectivity index (χ3v) is 7.70. The second-order valence-corrected chi connectivity index (χ2v) is 10.9. The number of nitrogens with two attached hydrogens (primary N) is 1. The van der Waals surface area contributed by atoms with E-state index in [9.17, 15) is 4.79 Å². The Kier molecular flexibility index (Phi) is 7.65. The minimum atomic E-state index is -1.03. The minimum absolute atomic E-state index is 0.0727. The van der Waals surface area contributed by atoms with Gasteiger partial charge < -0.3 is 10.3 Å². The Morgan fingerprint density at radius 2 is 1.72 bits per heavy atom. The molecule has 8 heteroatoms. The summed E-state index contributed by atoms with van der Waals surface area (Å²) in [6.45, 7) is 3.48. The average molecular weight is 561 g/mol. The smallest absolute Gasteiger partial charge is 0.252 e. The summed E-state index contributed by atoms with van der Waals surface area (Å²) >= 11 is 12.6. The summed E-state index contributed by atoms with van der Waals surface area (Å²) in [5, 5.41) is 2.14. The molecule has 39 heavy (non-hydrogen) atoms. The fourth-order valence-electron chi connectivity index (χ4n) is 5.28. The SMILES string of the molecule is CCCN(C)Cn1c(=O)cc(-c2cccc(Cl)c2)c2cc([C@](N)(c3ccc(Cl)cc3)c3cncn3C)ccc21. The van der Waals surface area contributed by atoms with Crippen molar-refractivity contribution < 1.29 is 0 Å². The Hall–Kier alpha value is -3.42. The summed E-state index contributed by atoms with van der Waals surface area (Å²) in [7, 11) is 3.95. The Balaban J connectivity index is 1.81. The third kappa shape index (κ3) is 5.13. The zero-order valence-electron chi connectivity index (χ0n) is 22.2. The summed E-state index contributed by atoms with van der Waals surface area (Å²) in [5.74, 6) is 0. The van der Waals surface area contributed by atoms with Gasteiger partial charge in [-0.15, -0.1) is 0 Å². The van der Waals surface area contributed by atoms with E-state index in [1.54, 1.807) is 18.6 Å². The van der Waals surface area contributed by atoms with Crippen LogP contribution in [0.1, 0.15) is 30.2 Å². The quantitative estimate of drug-likeness (QED) is 0.243. The van der Waals surface area contributed by atoms with Crippen molar-refractivity contribution in [3.8, 4) is 11.1 Å². The molecule has 0 saturated carbocycles. The fraction of sp³-hybridized carbons (Fsp3) is 0.226. The highest BCUT2D eigenvalue weighted by molar-refractivity contribution is 6.31. The van der Waals surface area contributed by atoms with Crippen molar-refractivity contribution in [3.05, 3.63) is 123 Å². The number of fused-ring (bicyclic) bond motifs is 1. The van der Waals surface area contributed by atoms with Gasteiger partial charge in [-0.05, 0) is 78.7 Å². The maximum absolute atomic E-state index is 13.5. The van der Waals surface area contributed by atoms with E-state index in [-0.39, 0.29) is 5.56 Å². The lowest BCUT2D eigenvalue weighted by Gasteiger charge is -2.32. The molecule has 1 atom stereocenters. The second-order valence-electron chi connectivity index (χ2n) is 9.99. The number of rotatable bonds is 8. The Morgan fingerprint density at radius 1 is 0.974 bits per heavy atom. The zero-order chi connectivity index (χ0) is 27.7. The van der Waals surface area contributed by atoms with E-state index in [4.69, 9.17) is 28.9 Å². The molecule has 0 spiro atoms. The second kappa shape index (κ2) is 11.0. The molecule has 5 aromatic rings. The monoisotopic (exact) mass is 559 g/mol. The van der Waals surface area contributed by atoms with Gasteiger partial charge in [0.05, 0.1) is 30.4 Å².